The molecule has 2 nitrogen and oxygen atoms in total. The van der Waals surface area contributed by atoms with Gasteiger partial charge in [0.1, 0.15) is 11.5 Å². The van der Waals surface area contributed by atoms with E-state index in [1.54, 1.807) is 18.0 Å². The van der Waals surface area contributed by atoms with Crippen molar-refractivity contribution < 1.29 is 9.21 Å². The minimum Gasteiger partial charge on any atom is -0.468 e. The number of hydrogen-bond donors (Lipinski definition) is 0. The highest BCUT2D eigenvalue weighted by Gasteiger charge is 2.27. The van der Waals surface area contributed by atoms with Crippen LogP contribution in [0.5, 0.6) is 0 Å². The lowest BCUT2D eigenvalue weighted by Crippen LogP contribution is -2.16. The molecule has 1 heterocycles. The fourth-order valence-corrected chi connectivity index (χ4v) is 3.21. The number of hydrogen-bond acceptors (Lipinski definition) is 3. The third kappa shape index (κ3) is 3.51. The Morgan fingerprint density at radius 1 is 1.21 bits per heavy atom. The Balaban J connectivity index is 2.22. The van der Waals surface area contributed by atoms with E-state index in [1.807, 2.05) is 44.2 Å². The van der Waals surface area contributed by atoms with Gasteiger partial charge in [-0.15, -0.1) is 11.8 Å². The van der Waals surface area contributed by atoms with Crippen molar-refractivity contribution in [3.63, 3.8) is 0 Å². The molecule has 2 rings (SSSR count). The highest BCUT2D eigenvalue weighted by molar-refractivity contribution is 7.99. The van der Waals surface area contributed by atoms with E-state index in [9.17, 15) is 4.79 Å². The highest BCUT2D eigenvalue weighted by Crippen LogP contribution is 2.41. The SMILES string of the molecule is CCC(=O)C(C)C(Sc1ccccc1)c1ccco1. The molecule has 0 N–H and O–H groups in total. The average molecular weight is 274 g/mol. The van der Waals surface area contributed by atoms with Crippen molar-refractivity contribution in [2.24, 2.45) is 5.92 Å². The van der Waals surface area contributed by atoms with Gasteiger partial charge in [-0.25, -0.2) is 0 Å². The van der Waals surface area contributed by atoms with Gasteiger partial charge in [-0.3, -0.25) is 4.79 Å². The maximum atomic E-state index is 12.0. The number of rotatable bonds is 6. The Labute approximate surface area is 118 Å². The van der Waals surface area contributed by atoms with Crippen LogP contribution in [-0.4, -0.2) is 5.78 Å². The highest BCUT2D eigenvalue weighted by atomic mass is 32.2. The fraction of sp³-hybridized carbons (Fsp3) is 0.312. The molecule has 2 unspecified atom stereocenters. The Morgan fingerprint density at radius 3 is 2.53 bits per heavy atom. The van der Waals surface area contributed by atoms with Crippen molar-refractivity contribution >= 4 is 17.5 Å². The van der Waals surface area contributed by atoms with Gasteiger partial charge in [-0.1, -0.05) is 32.0 Å². The van der Waals surface area contributed by atoms with Crippen LogP contribution >= 0.6 is 11.8 Å². The second-order valence-corrected chi connectivity index (χ2v) is 5.69. The predicted molar refractivity (Wildman–Crippen MR) is 78.2 cm³/mol. The molecule has 0 aliphatic carbocycles. The lowest BCUT2D eigenvalue weighted by Gasteiger charge is -2.20. The van der Waals surface area contributed by atoms with E-state index in [4.69, 9.17) is 4.42 Å². The van der Waals surface area contributed by atoms with Crippen LogP contribution in [0.25, 0.3) is 0 Å². The second-order valence-electron chi connectivity index (χ2n) is 4.48. The van der Waals surface area contributed by atoms with Crippen LogP contribution in [0, 0.1) is 5.92 Å². The number of carbonyl (C=O) groups excluding carboxylic acids is 1. The smallest absolute Gasteiger partial charge is 0.137 e. The summed E-state index contributed by atoms with van der Waals surface area (Å²) in [5, 5.41) is 0.0323. The minimum atomic E-state index is -0.0543. The molecule has 100 valence electrons. The first kappa shape index (κ1) is 13.9. The first-order valence-electron chi connectivity index (χ1n) is 6.50. The summed E-state index contributed by atoms with van der Waals surface area (Å²) in [6, 6.07) is 13.9. The standard InChI is InChI=1S/C16H18O2S/c1-3-14(17)12(2)16(15-10-7-11-18-15)19-13-8-5-4-6-9-13/h4-12,16H,3H2,1-2H3. The lowest BCUT2D eigenvalue weighted by atomic mass is 9.99. The Morgan fingerprint density at radius 2 is 1.95 bits per heavy atom. The molecule has 0 saturated carbocycles. The van der Waals surface area contributed by atoms with Gasteiger partial charge in [0, 0.05) is 17.2 Å². The summed E-state index contributed by atoms with van der Waals surface area (Å²) in [5.74, 6) is 1.08. The summed E-state index contributed by atoms with van der Waals surface area (Å²) >= 11 is 1.68. The molecule has 0 amide bonds. The molecule has 0 spiro atoms. The second kappa shape index (κ2) is 6.62. The Kier molecular flexibility index (Phi) is 4.86. The third-order valence-corrected chi connectivity index (χ3v) is 4.58. The van der Waals surface area contributed by atoms with Crippen molar-refractivity contribution in [1.82, 2.24) is 0 Å². The van der Waals surface area contributed by atoms with E-state index in [0.717, 1.165) is 10.7 Å². The number of benzene rings is 1. The van der Waals surface area contributed by atoms with Crippen LogP contribution < -0.4 is 0 Å². The van der Waals surface area contributed by atoms with Crippen molar-refractivity contribution in [3.05, 3.63) is 54.5 Å². The van der Waals surface area contributed by atoms with Gasteiger partial charge in [0.15, 0.2) is 0 Å². The number of carbonyl (C=O) groups is 1. The van der Waals surface area contributed by atoms with Gasteiger partial charge in [-0.05, 0) is 24.3 Å². The van der Waals surface area contributed by atoms with Crippen LogP contribution in [-0.2, 0) is 4.79 Å². The zero-order chi connectivity index (χ0) is 13.7. The Bertz CT molecular complexity index is 505. The normalized spacial score (nSPS) is 14.0. The van der Waals surface area contributed by atoms with Crippen LogP contribution in [0.2, 0.25) is 0 Å². The molecule has 0 radical (unpaired) electrons. The molecular weight excluding hydrogens is 256 g/mol. The molecule has 3 heteroatoms. The molecule has 1 aromatic heterocycles. The zero-order valence-corrected chi connectivity index (χ0v) is 12.0. The maximum Gasteiger partial charge on any atom is 0.137 e. The van der Waals surface area contributed by atoms with Crippen LogP contribution in [0.1, 0.15) is 31.3 Å². The van der Waals surface area contributed by atoms with Gasteiger partial charge in [-0.2, -0.15) is 0 Å². The molecule has 0 aliphatic rings. The number of Topliss-reactive ketones (excluding diaryl/α,β-unsaturated/α-hetero) is 1. The molecule has 0 bridgehead atoms. The summed E-state index contributed by atoms with van der Waals surface area (Å²) in [5.41, 5.74) is 0. The van der Waals surface area contributed by atoms with Gasteiger partial charge in [0.2, 0.25) is 0 Å². The topological polar surface area (TPSA) is 30.2 Å². The number of thioether (sulfide) groups is 1. The van der Waals surface area contributed by atoms with Crippen LogP contribution in [0.3, 0.4) is 0 Å². The first-order chi connectivity index (χ1) is 9.22. The van der Waals surface area contributed by atoms with Gasteiger partial charge < -0.3 is 4.42 Å². The van der Waals surface area contributed by atoms with Gasteiger partial charge in [0.25, 0.3) is 0 Å². The van der Waals surface area contributed by atoms with Crippen molar-refractivity contribution in [2.45, 2.75) is 30.4 Å². The van der Waals surface area contributed by atoms with Gasteiger partial charge in [0.05, 0.1) is 11.5 Å². The third-order valence-electron chi connectivity index (χ3n) is 3.14. The van der Waals surface area contributed by atoms with E-state index in [1.165, 1.54) is 0 Å². The summed E-state index contributed by atoms with van der Waals surface area (Å²) < 4.78 is 5.51. The molecule has 19 heavy (non-hydrogen) atoms. The van der Waals surface area contributed by atoms with E-state index in [0.29, 0.717) is 6.42 Å². The largest absolute Gasteiger partial charge is 0.468 e. The summed E-state index contributed by atoms with van der Waals surface area (Å²) in [4.78, 5) is 13.1. The van der Waals surface area contributed by atoms with E-state index in [2.05, 4.69) is 12.1 Å². The summed E-state index contributed by atoms with van der Waals surface area (Å²) in [6.45, 7) is 3.89. The van der Waals surface area contributed by atoms with Crippen molar-refractivity contribution in [3.8, 4) is 0 Å². The molecule has 0 aliphatic heterocycles. The molecular formula is C16H18O2S. The fourth-order valence-electron chi connectivity index (χ4n) is 2.00. The first-order valence-corrected chi connectivity index (χ1v) is 7.38. The summed E-state index contributed by atoms with van der Waals surface area (Å²) in [7, 11) is 0. The number of furan rings is 1. The van der Waals surface area contributed by atoms with E-state index < -0.39 is 0 Å². The molecule has 0 saturated heterocycles. The van der Waals surface area contributed by atoms with Crippen LogP contribution in [0.4, 0.5) is 0 Å². The Hall–Kier alpha value is -1.48. The minimum absolute atomic E-state index is 0.0323. The summed E-state index contributed by atoms with van der Waals surface area (Å²) in [6.07, 6.45) is 2.23. The maximum absolute atomic E-state index is 12.0. The molecule has 2 atom stereocenters. The van der Waals surface area contributed by atoms with E-state index in [-0.39, 0.29) is 17.0 Å². The molecule has 1 aromatic carbocycles. The van der Waals surface area contributed by atoms with E-state index >= 15 is 0 Å². The number of ketones is 1. The lowest BCUT2D eigenvalue weighted by molar-refractivity contribution is -0.122. The average Bonchev–Trinajstić information content (AvgIpc) is 2.98. The monoisotopic (exact) mass is 274 g/mol. The molecule has 0 fully saturated rings. The van der Waals surface area contributed by atoms with Crippen molar-refractivity contribution in [1.29, 1.82) is 0 Å². The molecule has 2 aromatic rings. The predicted octanol–water partition coefficient (Wildman–Crippen LogP) is 4.73. The van der Waals surface area contributed by atoms with Crippen LogP contribution in [0.15, 0.2) is 58.0 Å². The quantitative estimate of drug-likeness (QED) is 0.713. The van der Waals surface area contributed by atoms with Gasteiger partial charge >= 0.3 is 0 Å². The zero-order valence-electron chi connectivity index (χ0n) is 11.2. The van der Waals surface area contributed by atoms with Crippen molar-refractivity contribution in [2.75, 3.05) is 0 Å².